The minimum atomic E-state index is -3.72. The van der Waals surface area contributed by atoms with Gasteiger partial charge in [-0.25, -0.2) is 0 Å². The second-order valence-corrected chi connectivity index (χ2v) is 4.49. The Bertz CT molecular complexity index is 215. The van der Waals surface area contributed by atoms with Crippen LogP contribution in [0.4, 0.5) is 0 Å². The van der Waals surface area contributed by atoms with Crippen molar-refractivity contribution < 1.29 is 13.0 Å². The average Bonchev–Trinajstić information content (AvgIpc) is 1.52. The highest BCUT2D eigenvalue weighted by Crippen LogP contribution is 1.95. The van der Waals surface area contributed by atoms with Crippen LogP contribution >= 0.6 is 0 Å². The van der Waals surface area contributed by atoms with E-state index in [-0.39, 0.29) is 11.7 Å². The molecule has 0 rings (SSSR count). The molecule has 0 spiro atoms. The van der Waals surface area contributed by atoms with Gasteiger partial charge in [0, 0.05) is 0 Å². The van der Waals surface area contributed by atoms with Crippen LogP contribution in [0.2, 0.25) is 0 Å². The predicted molar refractivity (Wildman–Crippen MR) is 50.3 cm³/mol. The van der Waals surface area contributed by atoms with Gasteiger partial charge in [0.05, 0.1) is 5.75 Å². The van der Waals surface area contributed by atoms with Gasteiger partial charge in [-0.1, -0.05) is 20.4 Å². The second-order valence-electron chi connectivity index (χ2n) is 2.99. The first-order valence-corrected chi connectivity index (χ1v) is 5.12. The number of nitrogens with two attached hydrogens (primary N) is 1. The van der Waals surface area contributed by atoms with Crippen LogP contribution in [0.3, 0.4) is 0 Å². The lowest BCUT2D eigenvalue weighted by atomic mass is 10.3. The number of rotatable bonds is 2. The molecule has 0 amide bonds. The second kappa shape index (κ2) is 6.02. The van der Waals surface area contributed by atoms with Gasteiger partial charge in [0.25, 0.3) is 10.1 Å². The van der Waals surface area contributed by atoms with Crippen molar-refractivity contribution in [1.82, 2.24) is 0 Å². The molecule has 0 radical (unpaired) electrons. The van der Waals surface area contributed by atoms with Crippen molar-refractivity contribution in [3.63, 3.8) is 0 Å². The van der Waals surface area contributed by atoms with Crippen LogP contribution in [0.1, 0.15) is 20.8 Å². The van der Waals surface area contributed by atoms with Crippen molar-refractivity contribution in [2.75, 3.05) is 5.75 Å². The molecule has 0 bridgehead atoms. The van der Waals surface area contributed by atoms with Crippen LogP contribution in [0.5, 0.6) is 0 Å². The summed E-state index contributed by atoms with van der Waals surface area (Å²) < 4.78 is 28.2. The molecule has 5 heteroatoms. The predicted octanol–water partition coefficient (Wildman–Crippen LogP) is 1.01. The lowest BCUT2D eigenvalue weighted by Gasteiger charge is -1.97. The van der Waals surface area contributed by atoms with Gasteiger partial charge in [0.15, 0.2) is 0 Å². The van der Waals surface area contributed by atoms with Crippen molar-refractivity contribution in [1.29, 1.82) is 0 Å². The van der Waals surface area contributed by atoms with Crippen LogP contribution in [-0.2, 0) is 10.1 Å². The Morgan fingerprint density at radius 1 is 1.58 bits per heavy atom. The fourth-order valence-corrected chi connectivity index (χ4v) is 1.26. The van der Waals surface area contributed by atoms with E-state index in [1.165, 1.54) is 0 Å². The zero-order chi connectivity index (χ0) is 10.4. The summed E-state index contributed by atoms with van der Waals surface area (Å²) in [5, 5.41) is 0. The van der Waals surface area contributed by atoms with Crippen LogP contribution in [0.15, 0.2) is 12.3 Å². The molecule has 0 unspecified atom stereocenters. The Morgan fingerprint density at radius 3 is 1.83 bits per heavy atom. The van der Waals surface area contributed by atoms with Gasteiger partial charge in [0.1, 0.15) is 0 Å². The molecule has 4 nitrogen and oxygen atoms in total. The van der Waals surface area contributed by atoms with Crippen molar-refractivity contribution in [2.24, 2.45) is 11.7 Å². The zero-order valence-electron chi connectivity index (χ0n) is 7.74. The number of hydrogen-bond acceptors (Lipinski definition) is 3. The van der Waals surface area contributed by atoms with Crippen LogP contribution in [0, 0.1) is 5.92 Å². The maximum atomic E-state index is 10.00. The third-order valence-electron chi connectivity index (χ3n) is 0.544. The highest BCUT2D eigenvalue weighted by atomic mass is 32.2. The van der Waals surface area contributed by atoms with Crippen LogP contribution in [-0.4, -0.2) is 18.7 Å². The average molecular weight is 195 g/mol. The van der Waals surface area contributed by atoms with E-state index in [1.807, 2.05) is 0 Å². The Morgan fingerprint density at radius 2 is 1.83 bits per heavy atom. The Kier molecular flexibility index (Phi) is 7.02. The van der Waals surface area contributed by atoms with Gasteiger partial charge in [-0.15, -0.1) is 0 Å². The van der Waals surface area contributed by atoms with Crippen molar-refractivity contribution in [2.45, 2.75) is 20.8 Å². The van der Waals surface area contributed by atoms with Gasteiger partial charge in [0.2, 0.25) is 0 Å². The van der Waals surface area contributed by atoms with Gasteiger partial charge in [-0.3, -0.25) is 4.55 Å². The Balaban J connectivity index is 0. The first-order chi connectivity index (χ1) is 5.15. The molecule has 0 saturated carbocycles. The third kappa shape index (κ3) is 34.1. The lowest BCUT2D eigenvalue weighted by molar-refractivity contribution is 0.473. The standard InChI is InChI=1S/C4H10O3S.C3H7N/c1-4(2)3-8(5,6)7;1-3(2)4/h4H,3H2,1-2H3,(H,5,6,7);1,4H2,2H3. The fraction of sp³-hybridized carbons (Fsp3) is 0.714. The molecule has 0 fully saturated rings. The van der Waals surface area contributed by atoms with Crippen LogP contribution in [0.25, 0.3) is 0 Å². The van der Waals surface area contributed by atoms with Gasteiger partial charge in [-0.2, -0.15) is 8.42 Å². The summed E-state index contributed by atoms with van der Waals surface area (Å²) in [7, 11) is -3.72. The van der Waals surface area contributed by atoms with Crippen molar-refractivity contribution in [3.8, 4) is 0 Å². The van der Waals surface area contributed by atoms with Crippen molar-refractivity contribution in [3.05, 3.63) is 12.3 Å². The zero-order valence-corrected chi connectivity index (χ0v) is 8.56. The minimum absolute atomic E-state index is 0.00463. The molecule has 0 aliphatic carbocycles. The molecule has 0 aliphatic heterocycles. The topological polar surface area (TPSA) is 80.4 Å². The van der Waals surface area contributed by atoms with E-state index in [0.29, 0.717) is 5.70 Å². The molecule has 0 aromatic heterocycles. The molecule has 0 saturated heterocycles. The first-order valence-electron chi connectivity index (χ1n) is 3.51. The maximum Gasteiger partial charge on any atom is 0.265 e. The van der Waals surface area contributed by atoms with Gasteiger partial charge >= 0.3 is 0 Å². The third-order valence-corrected chi connectivity index (χ3v) is 1.63. The molecule has 0 aliphatic rings. The van der Waals surface area contributed by atoms with Gasteiger partial charge in [-0.05, 0) is 18.5 Å². The maximum absolute atomic E-state index is 10.00. The van der Waals surface area contributed by atoms with E-state index >= 15 is 0 Å². The monoisotopic (exact) mass is 195 g/mol. The highest BCUT2D eigenvalue weighted by Gasteiger charge is 2.05. The highest BCUT2D eigenvalue weighted by molar-refractivity contribution is 7.85. The SMILES string of the molecule is C=C(C)N.CC(C)CS(=O)(=O)O. The lowest BCUT2D eigenvalue weighted by Crippen LogP contribution is -2.09. The largest absolute Gasteiger partial charge is 0.403 e. The summed E-state index contributed by atoms with van der Waals surface area (Å²) in [5.41, 5.74) is 5.58. The normalized spacial score (nSPS) is 10.4. The molecule has 0 aromatic rings. The summed E-state index contributed by atoms with van der Waals surface area (Å²) in [4.78, 5) is 0. The fourth-order valence-electron chi connectivity index (χ4n) is 0.421. The van der Waals surface area contributed by atoms with Gasteiger partial charge < -0.3 is 5.73 Å². The molecule has 12 heavy (non-hydrogen) atoms. The first kappa shape index (κ1) is 14.0. The van der Waals surface area contributed by atoms with E-state index in [4.69, 9.17) is 10.3 Å². The van der Waals surface area contributed by atoms with E-state index in [0.717, 1.165) is 0 Å². The molecule has 74 valence electrons. The summed E-state index contributed by atoms with van der Waals surface area (Å²) in [6.45, 7) is 8.54. The summed E-state index contributed by atoms with van der Waals surface area (Å²) >= 11 is 0. The number of allylic oxidation sites excluding steroid dienone is 1. The molecular weight excluding hydrogens is 178 g/mol. The van der Waals surface area contributed by atoms with E-state index in [2.05, 4.69) is 6.58 Å². The summed E-state index contributed by atoms with van der Waals surface area (Å²) in [6, 6.07) is 0. The summed E-state index contributed by atoms with van der Waals surface area (Å²) in [5.74, 6) is -0.141. The molecule has 0 heterocycles. The van der Waals surface area contributed by atoms with Crippen LogP contribution < -0.4 is 5.73 Å². The van der Waals surface area contributed by atoms with Crippen molar-refractivity contribution >= 4 is 10.1 Å². The van der Waals surface area contributed by atoms with E-state index in [9.17, 15) is 8.42 Å². The summed E-state index contributed by atoms with van der Waals surface area (Å²) in [6.07, 6.45) is 0. The Hall–Kier alpha value is -0.550. The van der Waals surface area contributed by atoms with E-state index in [1.54, 1.807) is 20.8 Å². The van der Waals surface area contributed by atoms with E-state index < -0.39 is 10.1 Å². The molecule has 0 aromatic carbocycles. The Labute approximate surface area is 74.2 Å². The molecular formula is C7H17NO3S. The molecule has 0 atom stereocenters. The quantitative estimate of drug-likeness (QED) is 0.644. The smallest absolute Gasteiger partial charge is 0.265 e. The number of hydrogen-bond donors (Lipinski definition) is 2. The minimum Gasteiger partial charge on any atom is -0.403 e. The molecule has 3 N–H and O–H groups in total.